The van der Waals surface area contributed by atoms with Gasteiger partial charge in [0.2, 0.25) is 5.91 Å². The maximum absolute atomic E-state index is 11.7. The highest BCUT2D eigenvalue weighted by Gasteiger charge is 2.25. The fourth-order valence-electron chi connectivity index (χ4n) is 1.73. The first-order valence-electron chi connectivity index (χ1n) is 5.79. The Balaban J connectivity index is 2.23. The molecule has 1 rings (SSSR count). The van der Waals surface area contributed by atoms with Gasteiger partial charge in [0.1, 0.15) is 0 Å². The molecular weight excluding hydrogens is 192 g/mol. The molecule has 0 aromatic carbocycles. The highest BCUT2D eigenvalue weighted by Crippen LogP contribution is 2.14. The predicted molar refractivity (Wildman–Crippen MR) is 59.5 cm³/mol. The minimum Gasteiger partial charge on any atom is -0.396 e. The van der Waals surface area contributed by atoms with Crippen LogP contribution in [0.4, 0.5) is 0 Å². The SMILES string of the molecule is CCC(C)NCC(=O)N1CCC(CO)C1. The molecule has 0 radical (unpaired) electrons. The van der Waals surface area contributed by atoms with E-state index in [1.807, 2.05) is 4.90 Å². The van der Waals surface area contributed by atoms with Crippen LogP contribution >= 0.6 is 0 Å². The lowest BCUT2D eigenvalue weighted by molar-refractivity contribution is -0.129. The lowest BCUT2D eigenvalue weighted by Gasteiger charge is -2.18. The van der Waals surface area contributed by atoms with Crippen LogP contribution in [-0.4, -0.2) is 48.2 Å². The van der Waals surface area contributed by atoms with Crippen molar-refractivity contribution in [2.24, 2.45) is 5.92 Å². The van der Waals surface area contributed by atoms with Crippen molar-refractivity contribution in [1.82, 2.24) is 10.2 Å². The number of aliphatic hydroxyl groups excluding tert-OH is 1. The van der Waals surface area contributed by atoms with Crippen LogP contribution in [0, 0.1) is 5.92 Å². The third kappa shape index (κ3) is 3.80. The number of hydrogen-bond donors (Lipinski definition) is 2. The molecule has 1 amide bonds. The van der Waals surface area contributed by atoms with Crippen LogP contribution in [0.25, 0.3) is 0 Å². The molecular formula is C11H22N2O2. The van der Waals surface area contributed by atoms with Gasteiger partial charge in [-0.1, -0.05) is 6.92 Å². The van der Waals surface area contributed by atoms with Crippen molar-refractivity contribution in [2.45, 2.75) is 32.7 Å². The fraction of sp³-hybridized carbons (Fsp3) is 0.909. The number of nitrogens with one attached hydrogen (secondary N) is 1. The molecule has 88 valence electrons. The van der Waals surface area contributed by atoms with E-state index in [4.69, 9.17) is 5.11 Å². The van der Waals surface area contributed by atoms with E-state index < -0.39 is 0 Å². The van der Waals surface area contributed by atoms with E-state index >= 15 is 0 Å². The van der Waals surface area contributed by atoms with E-state index in [0.29, 0.717) is 12.6 Å². The summed E-state index contributed by atoms with van der Waals surface area (Å²) in [7, 11) is 0. The lowest BCUT2D eigenvalue weighted by atomic mass is 10.1. The third-order valence-corrected chi connectivity index (χ3v) is 3.11. The Hall–Kier alpha value is -0.610. The second-order valence-corrected chi connectivity index (χ2v) is 4.37. The van der Waals surface area contributed by atoms with Gasteiger partial charge in [-0.15, -0.1) is 0 Å². The minimum atomic E-state index is 0.159. The first kappa shape index (κ1) is 12.5. The Morgan fingerprint density at radius 3 is 2.93 bits per heavy atom. The van der Waals surface area contributed by atoms with Crippen LogP contribution in [0.15, 0.2) is 0 Å². The molecule has 0 aliphatic carbocycles. The van der Waals surface area contributed by atoms with Crippen LogP contribution in [-0.2, 0) is 4.79 Å². The number of likely N-dealkylation sites (tertiary alicyclic amines) is 1. The quantitative estimate of drug-likeness (QED) is 0.688. The molecule has 1 saturated heterocycles. The van der Waals surface area contributed by atoms with Gasteiger partial charge in [-0.3, -0.25) is 4.79 Å². The lowest BCUT2D eigenvalue weighted by Crippen LogP contribution is -2.39. The third-order valence-electron chi connectivity index (χ3n) is 3.11. The zero-order chi connectivity index (χ0) is 11.3. The maximum Gasteiger partial charge on any atom is 0.236 e. The van der Waals surface area contributed by atoms with Crippen LogP contribution in [0.5, 0.6) is 0 Å². The zero-order valence-corrected chi connectivity index (χ0v) is 9.70. The number of carbonyl (C=O) groups excluding carboxylic acids is 1. The summed E-state index contributed by atoms with van der Waals surface area (Å²) in [5.74, 6) is 0.448. The van der Waals surface area contributed by atoms with Gasteiger partial charge in [0.05, 0.1) is 6.54 Å². The summed E-state index contributed by atoms with van der Waals surface area (Å²) in [5.41, 5.74) is 0. The molecule has 4 nitrogen and oxygen atoms in total. The van der Waals surface area contributed by atoms with Crippen molar-refractivity contribution < 1.29 is 9.90 Å². The molecule has 0 spiro atoms. The van der Waals surface area contributed by atoms with Gasteiger partial charge in [0, 0.05) is 31.7 Å². The number of hydrogen-bond acceptors (Lipinski definition) is 3. The molecule has 2 N–H and O–H groups in total. The Kier molecular flexibility index (Phi) is 5.05. The van der Waals surface area contributed by atoms with Gasteiger partial charge in [0.25, 0.3) is 0 Å². The average Bonchev–Trinajstić information content (AvgIpc) is 2.73. The number of aliphatic hydroxyl groups is 1. The fourth-order valence-corrected chi connectivity index (χ4v) is 1.73. The number of carbonyl (C=O) groups is 1. The standard InChI is InChI=1S/C11H22N2O2/c1-3-9(2)12-6-11(15)13-5-4-10(7-13)8-14/h9-10,12,14H,3-8H2,1-2H3. The average molecular weight is 214 g/mol. The van der Waals surface area contributed by atoms with Gasteiger partial charge < -0.3 is 15.3 Å². The van der Waals surface area contributed by atoms with Crippen molar-refractivity contribution in [1.29, 1.82) is 0 Å². The van der Waals surface area contributed by atoms with Crippen LogP contribution in [0.2, 0.25) is 0 Å². The highest BCUT2D eigenvalue weighted by atomic mass is 16.3. The Morgan fingerprint density at radius 2 is 2.40 bits per heavy atom. The molecule has 1 aliphatic rings. The summed E-state index contributed by atoms with van der Waals surface area (Å²) in [6.45, 7) is 6.31. The molecule has 0 aromatic rings. The first-order chi connectivity index (χ1) is 7.17. The maximum atomic E-state index is 11.7. The molecule has 15 heavy (non-hydrogen) atoms. The van der Waals surface area contributed by atoms with E-state index in [-0.39, 0.29) is 18.4 Å². The Bertz CT molecular complexity index is 209. The van der Waals surface area contributed by atoms with Gasteiger partial charge in [0.15, 0.2) is 0 Å². The topological polar surface area (TPSA) is 52.6 Å². The second-order valence-electron chi connectivity index (χ2n) is 4.37. The minimum absolute atomic E-state index is 0.159. The zero-order valence-electron chi connectivity index (χ0n) is 9.70. The van der Waals surface area contributed by atoms with Gasteiger partial charge in [-0.05, 0) is 19.8 Å². The summed E-state index contributed by atoms with van der Waals surface area (Å²) in [6, 6.07) is 0.394. The van der Waals surface area contributed by atoms with E-state index in [1.54, 1.807) is 0 Å². The number of rotatable bonds is 5. The van der Waals surface area contributed by atoms with Crippen LogP contribution in [0.3, 0.4) is 0 Å². The van der Waals surface area contributed by atoms with Gasteiger partial charge >= 0.3 is 0 Å². The van der Waals surface area contributed by atoms with Crippen molar-refractivity contribution in [3.63, 3.8) is 0 Å². The van der Waals surface area contributed by atoms with Gasteiger partial charge in [-0.25, -0.2) is 0 Å². The number of amides is 1. The molecule has 2 unspecified atom stereocenters. The second kappa shape index (κ2) is 6.08. The monoisotopic (exact) mass is 214 g/mol. The summed E-state index contributed by atoms with van der Waals surface area (Å²) >= 11 is 0. The summed E-state index contributed by atoms with van der Waals surface area (Å²) in [6.07, 6.45) is 1.97. The molecule has 0 saturated carbocycles. The van der Waals surface area contributed by atoms with Crippen molar-refractivity contribution in [3.8, 4) is 0 Å². The van der Waals surface area contributed by atoms with E-state index in [9.17, 15) is 4.79 Å². The molecule has 0 aromatic heterocycles. The Morgan fingerprint density at radius 1 is 1.67 bits per heavy atom. The van der Waals surface area contributed by atoms with Crippen molar-refractivity contribution in [3.05, 3.63) is 0 Å². The highest BCUT2D eigenvalue weighted by molar-refractivity contribution is 5.78. The molecule has 0 bridgehead atoms. The Labute approximate surface area is 91.6 Å². The molecule has 1 heterocycles. The van der Waals surface area contributed by atoms with Crippen molar-refractivity contribution in [2.75, 3.05) is 26.2 Å². The van der Waals surface area contributed by atoms with Gasteiger partial charge in [-0.2, -0.15) is 0 Å². The molecule has 4 heteroatoms. The van der Waals surface area contributed by atoms with Crippen molar-refractivity contribution >= 4 is 5.91 Å². The summed E-state index contributed by atoms with van der Waals surface area (Å²) in [4.78, 5) is 13.6. The largest absolute Gasteiger partial charge is 0.396 e. The van der Waals surface area contributed by atoms with Crippen LogP contribution < -0.4 is 5.32 Å². The van der Waals surface area contributed by atoms with Crippen LogP contribution in [0.1, 0.15) is 26.7 Å². The molecule has 1 fully saturated rings. The smallest absolute Gasteiger partial charge is 0.236 e. The predicted octanol–water partition coefficient (Wildman–Crippen LogP) is 0.215. The molecule has 1 aliphatic heterocycles. The number of nitrogens with zero attached hydrogens (tertiary/aromatic N) is 1. The van der Waals surface area contributed by atoms with E-state index in [0.717, 1.165) is 25.9 Å². The van der Waals surface area contributed by atoms with E-state index in [2.05, 4.69) is 19.2 Å². The summed E-state index contributed by atoms with van der Waals surface area (Å²) < 4.78 is 0. The normalized spacial score (nSPS) is 23.1. The first-order valence-corrected chi connectivity index (χ1v) is 5.79. The van der Waals surface area contributed by atoms with E-state index in [1.165, 1.54) is 0 Å². The summed E-state index contributed by atoms with van der Waals surface area (Å²) in [5, 5.41) is 12.2. The molecule has 2 atom stereocenters.